The fourth-order valence-electron chi connectivity index (χ4n) is 3.75. The number of piperazine rings is 1. The van der Waals surface area contributed by atoms with Crippen LogP contribution in [-0.4, -0.2) is 45.3 Å². The Balaban J connectivity index is 0.00000272. The van der Waals surface area contributed by atoms with E-state index in [2.05, 4.69) is 58.3 Å². The summed E-state index contributed by atoms with van der Waals surface area (Å²) in [5.74, 6) is 1.83. The van der Waals surface area contributed by atoms with Gasteiger partial charge in [0.15, 0.2) is 0 Å². The molecule has 0 radical (unpaired) electrons. The van der Waals surface area contributed by atoms with Crippen molar-refractivity contribution in [3.8, 4) is 11.5 Å². The quantitative estimate of drug-likeness (QED) is 0.461. The van der Waals surface area contributed by atoms with Crippen molar-refractivity contribution in [3.05, 3.63) is 78.4 Å². The van der Waals surface area contributed by atoms with Gasteiger partial charge in [-0.05, 0) is 48.0 Å². The van der Waals surface area contributed by atoms with Crippen molar-refractivity contribution in [3.63, 3.8) is 0 Å². The van der Waals surface area contributed by atoms with Crippen LogP contribution in [0.15, 0.2) is 82.6 Å². The molecule has 0 bridgehead atoms. The van der Waals surface area contributed by atoms with E-state index in [4.69, 9.17) is 9.47 Å². The molecule has 0 spiro atoms. The Hall–Kier alpha value is -2.34. The predicted octanol–water partition coefficient (Wildman–Crippen LogP) is 5.60. The summed E-state index contributed by atoms with van der Waals surface area (Å²) in [5, 5.41) is 0. The highest BCUT2D eigenvalue weighted by molar-refractivity contribution is 7.99. The number of para-hydroxylation sites is 1. The molecule has 1 heterocycles. The first kappa shape index (κ1) is 23.3. The summed E-state index contributed by atoms with van der Waals surface area (Å²) in [6, 6.07) is 25.3. The number of rotatable bonds is 7. The molecule has 0 unspecified atom stereocenters. The maximum absolute atomic E-state index is 5.53. The molecule has 1 aliphatic heterocycles. The molecule has 0 N–H and O–H groups in total. The molecule has 6 heteroatoms. The largest absolute Gasteiger partial charge is 0.497 e. The van der Waals surface area contributed by atoms with Crippen LogP contribution in [0.2, 0.25) is 0 Å². The third kappa shape index (κ3) is 5.88. The number of ether oxygens (including phenoxy) is 2. The van der Waals surface area contributed by atoms with E-state index in [0.717, 1.165) is 49.1 Å². The van der Waals surface area contributed by atoms with Gasteiger partial charge in [0.25, 0.3) is 0 Å². The summed E-state index contributed by atoms with van der Waals surface area (Å²) in [7, 11) is 3.44. The molecule has 3 aromatic rings. The van der Waals surface area contributed by atoms with Crippen molar-refractivity contribution in [2.75, 3.05) is 45.3 Å². The average molecular weight is 457 g/mol. The van der Waals surface area contributed by atoms with Gasteiger partial charge in [0.2, 0.25) is 0 Å². The van der Waals surface area contributed by atoms with Crippen molar-refractivity contribution >= 4 is 29.9 Å². The molecule has 1 fully saturated rings. The fraction of sp³-hybridized carbons (Fsp3) is 0.280. The first-order valence-electron chi connectivity index (χ1n) is 10.3. The summed E-state index contributed by atoms with van der Waals surface area (Å²) < 4.78 is 10.8. The van der Waals surface area contributed by atoms with E-state index in [0.29, 0.717) is 0 Å². The third-order valence-corrected chi connectivity index (χ3v) is 6.64. The number of nitrogens with zero attached hydrogens (tertiary/aromatic N) is 2. The van der Waals surface area contributed by atoms with E-state index in [-0.39, 0.29) is 12.4 Å². The summed E-state index contributed by atoms with van der Waals surface area (Å²) in [6.45, 7) is 5.15. The van der Waals surface area contributed by atoms with Crippen LogP contribution in [-0.2, 0) is 6.54 Å². The summed E-state index contributed by atoms with van der Waals surface area (Å²) in [4.78, 5) is 7.43. The Bertz CT molecular complexity index is 960. The second kappa shape index (κ2) is 11.3. The standard InChI is InChI=1S/C25H28N2O2S.ClH/c1-28-22-13-11-21(12-14-22)27-17-15-26(16-18-27)19-20-7-3-5-9-24(20)30-25-10-6-4-8-23(25)29-2;/h3-14H,15-19H2,1-2H3;1H. The maximum atomic E-state index is 5.53. The molecule has 1 aliphatic rings. The van der Waals surface area contributed by atoms with Gasteiger partial charge < -0.3 is 14.4 Å². The van der Waals surface area contributed by atoms with Crippen molar-refractivity contribution in [2.45, 2.75) is 16.3 Å². The number of anilines is 1. The van der Waals surface area contributed by atoms with E-state index >= 15 is 0 Å². The van der Waals surface area contributed by atoms with E-state index in [9.17, 15) is 0 Å². The van der Waals surface area contributed by atoms with Crippen LogP contribution in [0, 0.1) is 0 Å². The molecule has 4 rings (SSSR count). The normalized spacial score (nSPS) is 14.1. The van der Waals surface area contributed by atoms with Crippen LogP contribution >= 0.6 is 24.2 Å². The van der Waals surface area contributed by atoms with Gasteiger partial charge >= 0.3 is 0 Å². The number of hydrogen-bond donors (Lipinski definition) is 0. The van der Waals surface area contributed by atoms with Crippen LogP contribution in [0.3, 0.4) is 0 Å². The Morgan fingerprint density at radius 1 is 0.742 bits per heavy atom. The highest BCUT2D eigenvalue weighted by Gasteiger charge is 2.19. The maximum Gasteiger partial charge on any atom is 0.132 e. The zero-order valence-electron chi connectivity index (χ0n) is 18.0. The molecule has 1 saturated heterocycles. The Morgan fingerprint density at radius 3 is 2.06 bits per heavy atom. The van der Waals surface area contributed by atoms with E-state index in [1.54, 1.807) is 26.0 Å². The molecule has 0 atom stereocenters. The van der Waals surface area contributed by atoms with Gasteiger partial charge in [0.05, 0.1) is 19.1 Å². The van der Waals surface area contributed by atoms with Crippen LogP contribution in [0.4, 0.5) is 5.69 Å². The van der Waals surface area contributed by atoms with Crippen molar-refractivity contribution in [2.24, 2.45) is 0 Å². The third-order valence-electron chi connectivity index (χ3n) is 5.47. The Morgan fingerprint density at radius 2 is 1.39 bits per heavy atom. The van der Waals surface area contributed by atoms with E-state index in [1.165, 1.54) is 16.1 Å². The Labute approximate surface area is 195 Å². The zero-order valence-corrected chi connectivity index (χ0v) is 19.6. The molecule has 0 saturated carbocycles. The molecule has 0 aromatic heterocycles. The van der Waals surface area contributed by atoms with Gasteiger partial charge in [-0.25, -0.2) is 0 Å². The van der Waals surface area contributed by atoms with Crippen LogP contribution in [0.1, 0.15) is 5.56 Å². The molecule has 4 nitrogen and oxygen atoms in total. The van der Waals surface area contributed by atoms with Gasteiger partial charge in [-0.1, -0.05) is 42.1 Å². The summed E-state index contributed by atoms with van der Waals surface area (Å²) >= 11 is 1.78. The fourth-order valence-corrected chi connectivity index (χ4v) is 4.80. The lowest BCUT2D eigenvalue weighted by molar-refractivity contribution is 0.248. The second-order valence-corrected chi connectivity index (χ2v) is 8.41. The monoisotopic (exact) mass is 456 g/mol. The van der Waals surface area contributed by atoms with E-state index in [1.807, 2.05) is 24.3 Å². The molecular formula is C25H29ClN2O2S. The molecule has 3 aromatic carbocycles. The molecule has 0 amide bonds. The highest BCUT2D eigenvalue weighted by Crippen LogP contribution is 2.36. The van der Waals surface area contributed by atoms with Gasteiger partial charge in [-0.15, -0.1) is 12.4 Å². The lowest BCUT2D eigenvalue weighted by Crippen LogP contribution is -2.46. The lowest BCUT2D eigenvalue weighted by atomic mass is 10.2. The minimum absolute atomic E-state index is 0. The number of hydrogen-bond acceptors (Lipinski definition) is 5. The Kier molecular flexibility index (Phi) is 8.52. The lowest BCUT2D eigenvalue weighted by Gasteiger charge is -2.36. The van der Waals surface area contributed by atoms with Gasteiger partial charge in [-0.2, -0.15) is 0 Å². The zero-order chi connectivity index (χ0) is 20.8. The number of methoxy groups -OCH3 is 2. The average Bonchev–Trinajstić information content (AvgIpc) is 2.81. The topological polar surface area (TPSA) is 24.9 Å². The first-order chi connectivity index (χ1) is 14.8. The molecule has 31 heavy (non-hydrogen) atoms. The predicted molar refractivity (Wildman–Crippen MR) is 131 cm³/mol. The van der Waals surface area contributed by atoms with Gasteiger partial charge in [-0.3, -0.25) is 4.90 Å². The number of halogens is 1. The SMILES string of the molecule is COc1ccc(N2CCN(Cc3ccccc3Sc3ccccc3OC)CC2)cc1.Cl. The highest BCUT2D eigenvalue weighted by atomic mass is 35.5. The smallest absolute Gasteiger partial charge is 0.132 e. The van der Waals surface area contributed by atoms with Crippen molar-refractivity contribution in [1.29, 1.82) is 0 Å². The number of benzene rings is 3. The molecule has 164 valence electrons. The summed E-state index contributed by atoms with van der Waals surface area (Å²) in [6.07, 6.45) is 0. The minimum atomic E-state index is 0. The minimum Gasteiger partial charge on any atom is -0.497 e. The second-order valence-electron chi connectivity index (χ2n) is 7.32. The van der Waals surface area contributed by atoms with Crippen LogP contribution in [0.5, 0.6) is 11.5 Å². The van der Waals surface area contributed by atoms with E-state index < -0.39 is 0 Å². The van der Waals surface area contributed by atoms with Crippen molar-refractivity contribution in [1.82, 2.24) is 4.90 Å². The summed E-state index contributed by atoms with van der Waals surface area (Å²) in [5.41, 5.74) is 2.63. The first-order valence-corrected chi connectivity index (χ1v) is 11.1. The molecular weight excluding hydrogens is 428 g/mol. The van der Waals surface area contributed by atoms with Crippen molar-refractivity contribution < 1.29 is 9.47 Å². The van der Waals surface area contributed by atoms with Crippen LogP contribution in [0.25, 0.3) is 0 Å². The van der Waals surface area contributed by atoms with Gasteiger partial charge in [0, 0.05) is 43.3 Å². The van der Waals surface area contributed by atoms with Crippen LogP contribution < -0.4 is 14.4 Å². The molecule has 0 aliphatic carbocycles. The van der Waals surface area contributed by atoms with Gasteiger partial charge in [0.1, 0.15) is 11.5 Å².